The lowest BCUT2D eigenvalue weighted by atomic mass is 10.2. The molecule has 0 atom stereocenters. The fourth-order valence-electron chi connectivity index (χ4n) is 2.64. The largest absolute Gasteiger partial charge is 0.345 e. The van der Waals surface area contributed by atoms with Crippen LogP contribution in [0.4, 0.5) is 0 Å². The first-order valence-electron chi connectivity index (χ1n) is 7.06. The summed E-state index contributed by atoms with van der Waals surface area (Å²) in [6.07, 6.45) is 4.89. The van der Waals surface area contributed by atoms with Crippen LogP contribution in [-0.2, 0) is 10.0 Å². The molecule has 1 aliphatic rings. The fourth-order valence-corrected chi connectivity index (χ4v) is 3.57. The summed E-state index contributed by atoms with van der Waals surface area (Å²) in [4.78, 5) is 16.1. The Morgan fingerprint density at radius 2 is 2.09 bits per heavy atom. The Balaban J connectivity index is 1.88. The Morgan fingerprint density at radius 1 is 1.36 bits per heavy atom. The van der Waals surface area contributed by atoms with Gasteiger partial charge in [-0.25, -0.2) is 13.1 Å². The molecule has 3 rings (SSSR count). The molecule has 22 heavy (non-hydrogen) atoms. The van der Waals surface area contributed by atoms with Gasteiger partial charge in [0.15, 0.2) is 0 Å². The number of sulfonamides is 1. The van der Waals surface area contributed by atoms with E-state index in [1.54, 1.807) is 6.07 Å². The van der Waals surface area contributed by atoms with E-state index in [4.69, 9.17) is 0 Å². The predicted octanol–water partition coefficient (Wildman–Crippen LogP) is 1.95. The monoisotopic (exact) mass is 319 g/mol. The molecule has 0 spiro atoms. The molecule has 116 valence electrons. The minimum atomic E-state index is -3.90. The Morgan fingerprint density at radius 3 is 2.68 bits per heavy atom. The molecule has 2 aromatic rings. The average Bonchev–Trinajstić information content (AvgIpc) is 3.25. The molecule has 2 heterocycles. The van der Waals surface area contributed by atoms with E-state index in [0.29, 0.717) is 11.6 Å². The Bertz CT molecular complexity index is 821. The third-order valence-electron chi connectivity index (χ3n) is 3.81. The second kappa shape index (κ2) is 5.24. The number of pyridine rings is 1. The van der Waals surface area contributed by atoms with Crippen LogP contribution >= 0.6 is 0 Å². The van der Waals surface area contributed by atoms with Gasteiger partial charge in [0.25, 0.3) is 15.9 Å². The number of carbonyl (C=O) groups is 1. The first-order chi connectivity index (χ1) is 10.4. The van der Waals surface area contributed by atoms with Crippen molar-refractivity contribution in [2.24, 2.45) is 0 Å². The maximum absolute atomic E-state index is 12.3. The normalized spacial score (nSPS) is 14.8. The van der Waals surface area contributed by atoms with Crippen molar-refractivity contribution in [1.29, 1.82) is 0 Å². The van der Waals surface area contributed by atoms with Gasteiger partial charge in [-0.2, -0.15) is 0 Å². The van der Waals surface area contributed by atoms with Gasteiger partial charge >= 0.3 is 0 Å². The van der Waals surface area contributed by atoms with Crippen molar-refractivity contribution in [3.8, 4) is 0 Å². The number of hydrogen-bond acceptors (Lipinski definition) is 4. The minimum Gasteiger partial charge on any atom is -0.345 e. The van der Waals surface area contributed by atoms with Crippen LogP contribution in [0.5, 0.6) is 0 Å². The molecule has 2 aromatic heterocycles. The molecule has 0 bridgehead atoms. The SMILES string of the molecule is Cc1cc(C(=O)NS(=O)(=O)c2cccnc2)c(C)n1C1CC1. The highest BCUT2D eigenvalue weighted by molar-refractivity contribution is 7.90. The number of nitrogens with one attached hydrogen (secondary N) is 1. The number of aromatic nitrogens is 2. The first-order valence-corrected chi connectivity index (χ1v) is 8.54. The van der Waals surface area contributed by atoms with Crippen molar-refractivity contribution in [1.82, 2.24) is 14.3 Å². The van der Waals surface area contributed by atoms with Crippen LogP contribution in [0, 0.1) is 13.8 Å². The lowest BCUT2D eigenvalue weighted by Gasteiger charge is -2.08. The van der Waals surface area contributed by atoms with Crippen molar-refractivity contribution >= 4 is 15.9 Å². The smallest absolute Gasteiger partial charge is 0.266 e. The maximum atomic E-state index is 12.3. The summed E-state index contributed by atoms with van der Waals surface area (Å²) in [6, 6.07) is 5.09. The van der Waals surface area contributed by atoms with Gasteiger partial charge in [0.05, 0.1) is 5.56 Å². The molecule has 0 unspecified atom stereocenters. The summed E-state index contributed by atoms with van der Waals surface area (Å²) >= 11 is 0. The van der Waals surface area contributed by atoms with Crippen molar-refractivity contribution in [3.63, 3.8) is 0 Å². The van der Waals surface area contributed by atoms with Gasteiger partial charge in [0.2, 0.25) is 0 Å². The maximum Gasteiger partial charge on any atom is 0.266 e. The third-order valence-corrected chi connectivity index (χ3v) is 5.13. The van der Waals surface area contributed by atoms with Crippen LogP contribution in [0.1, 0.15) is 40.6 Å². The predicted molar refractivity (Wildman–Crippen MR) is 81.1 cm³/mol. The zero-order chi connectivity index (χ0) is 15.9. The minimum absolute atomic E-state index is 0.0284. The van der Waals surface area contributed by atoms with Crippen LogP contribution in [0.2, 0.25) is 0 Å². The fraction of sp³-hybridized carbons (Fsp3) is 0.333. The van der Waals surface area contributed by atoms with Gasteiger partial charge in [0, 0.05) is 29.8 Å². The van der Waals surface area contributed by atoms with Crippen molar-refractivity contribution in [2.45, 2.75) is 37.6 Å². The van der Waals surface area contributed by atoms with Crippen molar-refractivity contribution in [2.75, 3.05) is 0 Å². The highest BCUT2D eigenvalue weighted by Gasteiger charge is 2.29. The molecule has 6 nitrogen and oxygen atoms in total. The molecule has 0 aromatic carbocycles. The molecule has 7 heteroatoms. The number of carbonyl (C=O) groups excluding carboxylic acids is 1. The van der Waals surface area contributed by atoms with Gasteiger partial charge in [-0.05, 0) is 44.9 Å². The molecule has 1 N–H and O–H groups in total. The van der Waals surface area contributed by atoms with E-state index in [2.05, 4.69) is 14.3 Å². The molecule has 1 fully saturated rings. The van der Waals surface area contributed by atoms with E-state index in [-0.39, 0.29) is 4.90 Å². The molecule has 0 radical (unpaired) electrons. The Hall–Kier alpha value is -2.15. The van der Waals surface area contributed by atoms with Crippen LogP contribution in [0.25, 0.3) is 0 Å². The van der Waals surface area contributed by atoms with Crippen molar-refractivity contribution < 1.29 is 13.2 Å². The number of nitrogens with zero attached hydrogens (tertiary/aromatic N) is 2. The zero-order valence-corrected chi connectivity index (χ0v) is 13.2. The number of amides is 1. The molecular weight excluding hydrogens is 302 g/mol. The number of hydrogen-bond donors (Lipinski definition) is 1. The topological polar surface area (TPSA) is 81.1 Å². The first kappa shape index (κ1) is 14.8. The summed E-state index contributed by atoms with van der Waals surface area (Å²) in [5.41, 5.74) is 2.18. The molecular formula is C15H17N3O3S. The van der Waals surface area contributed by atoms with Crippen LogP contribution in [0.15, 0.2) is 35.5 Å². The number of aryl methyl sites for hydroxylation is 1. The van der Waals surface area contributed by atoms with Gasteiger partial charge in [-0.1, -0.05) is 0 Å². The Kier molecular flexibility index (Phi) is 3.52. The van der Waals surface area contributed by atoms with Crippen LogP contribution in [0.3, 0.4) is 0 Å². The second-order valence-electron chi connectivity index (χ2n) is 5.51. The molecule has 0 aliphatic heterocycles. The molecule has 1 aliphatic carbocycles. The third kappa shape index (κ3) is 2.64. The number of rotatable bonds is 4. The van der Waals surface area contributed by atoms with Crippen LogP contribution < -0.4 is 4.72 Å². The lowest BCUT2D eigenvalue weighted by Crippen LogP contribution is -2.31. The summed E-state index contributed by atoms with van der Waals surface area (Å²) in [5.74, 6) is -0.608. The zero-order valence-electron chi connectivity index (χ0n) is 12.4. The van der Waals surface area contributed by atoms with E-state index < -0.39 is 15.9 Å². The standard InChI is InChI=1S/C15H17N3O3S/c1-10-8-14(11(2)18(10)12-5-6-12)15(19)17-22(20,21)13-4-3-7-16-9-13/h3-4,7-9,12H,5-6H2,1-2H3,(H,17,19). The van der Waals surface area contributed by atoms with Crippen molar-refractivity contribution in [3.05, 3.63) is 47.5 Å². The van der Waals surface area contributed by atoms with Gasteiger partial charge < -0.3 is 4.57 Å². The highest BCUT2D eigenvalue weighted by Crippen LogP contribution is 2.38. The second-order valence-corrected chi connectivity index (χ2v) is 7.19. The van der Waals surface area contributed by atoms with Crippen LogP contribution in [-0.4, -0.2) is 23.9 Å². The highest BCUT2D eigenvalue weighted by atomic mass is 32.2. The quantitative estimate of drug-likeness (QED) is 0.934. The van der Waals surface area contributed by atoms with Gasteiger partial charge in [-0.15, -0.1) is 0 Å². The lowest BCUT2D eigenvalue weighted by molar-refractivity contribution is 0.0980. The summed E-state index contributed by atoms with van der Waals surface area (Å²) in [7, 11) is -3.90. The van der Waals surface area contributed by atoms with E-state index in [1.165, 1.54) is 24.5 Å². The average molecular weight is 319 g/mol. The van der Waals surface area contributed by atoms with E-state index in [0.717, 1.165) is 24.2 Å². The van der Waals surface area contributed by atoms with E-state index in [9.17, 15) is 13.2 Å². The molecule has 1 amide bonds. The molecule has 1 saturated carbocycles. The summed E-state index contributed by atoms with van der Waals surface area (Å²) in [5, 5.41) is 0. The summed E-state index contributed by atoms with van der Waals surface area (Å²) < 4.78 is 28.6. The van der Waals surface area contributed by atoms with E-state index in [1.807, 2.05) is 13.8 Å². The van der Waals surface area contributed by atoms with Gasteiger partial charge in [-0.3, -0.25) is 9.78 Å². The van der Waals surface area contributed by atoms with E-state index >= 15 is 0 Å². The molecule has 0 saturated heterocycles. The van der Waals surface area contributed by atoms with Gasteiger partial charge in [0.1, 0.15) is 4.90 Å². The summed E-state index contributed by atoms with van der Waals surface area (Å²) in [6.45, 7) is 3.77. The Labute approximate surface area is 129 Å².